The molecule has 3 rings (SSSR count). The zero-order valence-electron chi connectivity index (χ0n) is 15.9. The van der Waals surface area contributed by atoms with Crippen molar-refractivity contribution in [2.24, 2.45) is 5.92 Å². The number of carbonyl (C=O) groups excluding carboxylic acids is 1. The Morgan fingerprint density at radius 1 is 1.07 bits per heavy atom. The fourth-order valence-electron chi connectivity index (χ4n) is 3.47. The molecule has 0 bridgehead atoms. The Labute approximate surface area is 181 Å². The van der Waals surface area contributed by atoms with Crippen LogP contribution in [0.25, 0.3) is 0 Å². The van der Waals surface area contributed by atoms with Gasteiger partial charge < -0.3 is 5.32 Å². The highest BCUT2D eigenvalue weighted by atomic mass is 35.5. The van der Waals surface area contributed by atoms with Crippen LogP contribution in [-0.4, -0.2) is 36.2 Å². The van der Waals surface area contributed by atoms with Gasteiger partial charge in [0.1, 0.15) is 0 Å². The average Bonchev–Trinajstić information content (AvgIpc) is 2.71. The van der Waals surface area contributed by atoms with E-state index in [1.54, 1.807) is 11.8 Å². The minimum Gasteiger partial charge on any atom is -0.355 e. The summed E-state index contributed by atoms with van der Waals surface area (Å²) in [5.74, 6) is 1.98. The van der Waals surface area contributed by atoms with Crippen LogP contribution in [0.2, 0.25) is 10.0 Å². The quantitative estimate of drug-likeness (QED) is 0.573. The SMILES string of the molecule is O=C(NCCSCc1ccccc1Cl)[C@@H]1CCCN(Cc2ccccc2Cl)C1. The molecule has 2 aromatic carbocycles. The van der Waals surface area contributed by atoms with Crippen LogP contribution in [0.5, 0.6) is 0 Å². The number of rotatable bonds is 8. The summed E-state index contributed by atoms with van der Waals surface area (Å²) >= 11 is 14.2. The first-order valence-electron chi connectivity index (χ1n) is 9.68. The van der Waals surface area contributed by atoms with Gasteiger partial charge in [-0.1, -0.05) is 59.6 Å². The molecule has 1 aliphatic rings. The normalized spacial score (nSPS) is 17.4. The van der Waals surface area contributed by atoms with Gasteiger partial charge >= 0.3 is 0 Å². The molecule has 6 heteroatoms. The Balaban J connectivity index is 1.38. The van der Waals surface area contributed by atoms with Crippen molar-refractivity contribution < 1.29 is 4.79 Å². The van der Waals surface area contributed by atoms with Crippen LogP contribution in [0.4, 0.5) is 0 Å². The van der Waals surface area contributed by atoms with Crippen LogP contribution in [0.3, 0.4) is 0 Å². The number of nitrogens with zero attached hydrogens (tertiary/aromatic N) is 1. The van der Waals surface area contributed by atoms with Crippen LogP contribution < -0.4 is 5.32 Å². The summed E-state index contributed by atoms with van der Waals surface area (Å²) in [5.41, 5.74) is 2.27. The first-order valence-corrected chi connectivity index (χ1v) is 11.6. The Hall–Kier alpha value is -1.20. The van der Waals surface area contributed by atoms with E-state index in [2.05, 4.69) is 16.3 Å². The standard InChI is InChI=1S/C22H26Cl2N2OS/c23-20-9-3-1-6-17(20)14-26-12-5-8-18(15-26)22(27)25-11-13-28-16-19-7-2-4-10-21(19)24/h1-4,6-7,9-10,18H,5,8,11-16H2,(H,25,27)/t18-/m1/s1. The maximum atomic E-state index is 12.6. The third-order valence-electron chi connectivity index (χ3n) is 4.99. The van der Waals surface area contributed by atoms with E-state index in [0.717, 1.165) is 65.2 Å². The number of likely N-dealkylation sites (tertiary alicyclic amines) is 1. The molecule has 1 amide bonds. The summed E-state index contributed by atoms with van der Waals surface area (Å²) in [7, 11) is 0. The summed E-state index contributed by atoms with van der Waals surface area (Å²) in [5, 5.41) is 4.70. The third-order valence-corrected chi connectivity index (χ3v) is 6.73. The molecular formula is C22H26Cl2N2OS. The Kier molecular flexibility index (Phi) is 8.53. The van der Waals surface area contributed by atoms with Gasteiger partial charge in [-0.05, 0) is 42.6 Å². The van der Waals surface area contributed by atoms with Crippen LogP contribution in [-0.2, 0) is 17.1 Å². The number of thioether (sulfide) groups is 1. The lowest BCUT2D eigenvalue weighted by atomic mass is 9.96. The van der Waals surface area contributed by atoms with Gasteiger partial charge in [-0.25, -0.2) is 0 Å². The number of hydrogen-bond donors (Lipinski definition) is 1. The molecule has 2 aromatic rings. The van der Waals surface area contributed by atoms with Crippen molar-refractivity contribution in [3.63, 3.8) is 0 Å². The minimum absolute atomic E-state index is 0.0600. The predicted molar refractivity (Wildman–Crippen MR) is 120 cm³/mol. The van der Waals surface area contributed by atoms with E-state index >= 15 is 0 Å². The number of hydrogen-bond acceptors (Lipinski definition) is 3. The molecule has 1 N–H and O–H groups in total. The molecule has 1 atom stereocenters. The largest absolute Gasteiger partial charge is 0.355 e. The zero-order chi connectivity index (χ0) is 19.8. The summed E-state index contributed by atoms with van der Waals surface area (Å²) in [6.45, 7) is 3.30. The van der Waals surface area contributed by atoms with Crippen molar-refractivity contribution in [2.75, 3.05) is 25.4 Å². The molecule has 1 aliphatic heterocycles. The maximum Gasteiger partial charge on any atom is 0.224 e. The number of amides is 1. The van der Waals surface area contributed by atoms with Gasteiger partial charge in [0.05, 0.1) is 5.92 Å². The van der Waals surface area contributed by atoms with Gasteiger partial charge in [-0.3, -0.25) is 9.69 Å². The number of piperidine rings is 1. The van der Waals surface area contributed by atoms with E-state index in [9.17, 15) is 4.79 Å². The molecule has 0 unspecified atom stereocenters. The van der Waals surface area contributed by atoms with Gasteiger partial charge in [0.2, 0.25) is 5.91 Å². The Morgan fingerprint density at radius 2 is 1.75 bits per heavy atom. The van der Waals surface area contributed by atoms with Gasteiger partial charge in [0.25, 0.3) is 0 Å². The maximum absolute atomic E-state index is 12.6. The van der Waals surface area contributed by atoms with E-state index in [4.69, 9.17) is 23.2 Å². The Morgan fingerprint density at radius 3 is 2.46 bits per heavy atom. The van der Waals surface area contributed by atoms with E-state index in [0.29, 0.717) is 6.54 Å². The molecule has 0 spiro atoms. The summed E-state index contributed by atoms with van der Waals surface area (Å²) in [4.78, 5) is 14.9. The topological polar surface area (TPSA) is 32.3 Å². The minimum atomic E-state index is 0.0600. The summed E-state index contributed by atoms with van der Waals surface area (Å²) in [6, 6.07) is 15.8. The zero-order valence-corrected chi connectivity index (χ0v) is 18.2. The third kappa shape index (κ3) is 6.41. The van der Waals surface area contributed by atoms with E-state index < -0.39 is 0 Å². The molecule has 1 fully saturated rings. The van der Waals surface area contributed by atoms with Crippen molar-refractivity contribution in [1.82, 2.24) is 10.2 Å². The highest BCUT2D eigenvalue weighted by Crippen LogP contribution is 2.23. The monoisotopic (exact) mass is 436 g/mol. The molecule has 150 valence electrons. The molecule has 28 heavy (non-hydrogen) atoms. The van der Waals surface area contributed by atoms with Gasteiger partial charge in [-0.15, -0.1) is 0 Å². The Bertz CT molecular complexity index is 787. The van der Waals surface area contributed by atoms with Crippen LogP contribution >= 0.6 is 35.0 Å². The van der Waals surface area contributed by atoms with Crippen molar-refractivity contribution in [2.45, 2.75) is 25.1 Å². The second-order valence-electron chi connectivity index (χ2n) is 7.10. The molecule has 0 aliphatic carbocycles. The van der Waals surface area contributed by atoms with Crippen molar-refractivity contribution >= 4 is 40.9 Å². The average molecular weight is 437 g/mol. The van der Waals surface area contributed by atoms with Crippen molar-refractivity contribution in [1.29, 1.82) is 0 Å². The van der Waals surface area contributed by atoms with Crippen LogP contribution in [0, 0.1) is 5.92 Å². The number of nitrogens with one attached hydrogen (secondary N) is 1. The lowest BCUT2D eigenvalue weighted by Crippen LogP contribution is -2.43. The molecule has 1 saturated heterocycles. The van der Waals surface area contributed by atoms with Gasteiger partial charge in [0, 0.05) is 41.2 Å². The second-order valence-corrected chi connectivity index (χ2v) is 9.02. The molecule has 0 aromatic heterocycles. The fourth-order valence-corrected chi connectivity index (χ4v) is 4.81. The summed E-state index contributed by atoms with van der Waals surface area (Å²) in [6.07, 6.45) is 2.00. The lowest BCUT2D eigenvalue weighted by molar-refractivity contribution is -0.126. The van der Waals surface area contributed by atoms with Gasteiger partial charge in [-0.2, -0.15) is 11.8 Å². The summed E-state index contributed by atoms with van der Waals surface area (Å²) < 4.78 is 0. The molecule has 0 saturated carbocycles. The predicted octanol–water partition coefficient (Wildman–Crippen LogP) is 5.26. The molecule has 3 nitrogen and oxygen atoms in total. The number of carbonyl (C=O) groups is 1. The first-order chi connectivity index (χ1) is 13.6. The molecular weight excluding hydrogens is 411 g/mol. The van der Waals surface area contributed by atoms with Crippen molar-refractivity contribution in [3.8, 4) is 0 Å². The first kappa shape index (κ1) is 21.5. The van der Waals surface area contributed by atoms with E-state index in [1.165, 1.54) is 0 Å². The van der Waals surface area contributed by atoms with Crippen molar-refractivity contribution in [3.05, 3.63) is 69.7 Å². The highest BCUT2D eigenvalue weighted by molar-refractivity contribution is 7.98. The van der Waals surface area contributed by atoms with Crippen LogP contribution in [0.15, 0.2) is 48.5 Å². The van der Waals surface area contributed by atoms with E-state index in [1.807, 2.05) is 42.5 Å². The van der Waals surface area contributed by atoms with Crippen LogP contribution in [0.1, 0.15) is 24.0 Å². The lowest BCUT2D eigenvalue weighted by Gasteiger charge is -2.32. The fraction of sp³-hybridized carbons (Fsp3) is 0.409. The number of benzene rings is 2. The van der Waals surface area contributed by atoms with Gasteiger partial charge in [0.15, 0.2) is 0 Å². The molecule has 1 heterocycles. The smallest absolute Gasteiger partial charge is 0.224 e. The molecule has 0 radical (unpaired) electrons. The second kappa shape index (κ2) is 11.1. The van der Waals surface area contributed by atoms with E-state index in [-0.39, 0.29) is 11.8 Å². The highest BCUT2D eigenvalue weighted by Gasteiger charge is 2.25. The number of halogens is 2.